The summed E-state index contributed by atoms with van der Waals surface area (Å²) < 4.78 is 0. The van der Waals surface area contributed by atoms with Gasteiger partial charge in [0, 0.05) is 25.0 Å². The predicted molar refractivity (Wildman–Crippen MR) is 63.3 cm³/mol. The molecule has 0 aliphatic rings. The Morgan fingerprint density at radius 2 is 1.83 bits per heavy atom. The zero-order valence-corrected chi connectivity index (χ0v) is 9.38. The number of nitro groups is 1. The first-order chi connectivity index (χ1) is 8.49. The first kappa shape index (κ1) is 13.4. The third-order valence-electron chi connectivity index (χ3n) is 2.02. The van der Waals surface area contributed by atoms with Crippen LogP contribution in [0.4, 0.5) is 11.4 Å². The van der Waals surface area contributed by atoms with Crippen LogP contribution in [0.3, 0.4) is 0 Å². The average molecular weight is 252 g/mol. The molecule has 1 rings (SSSR count). The minimum absolute atomic E-state index is 0.0185. The Morgan fingerprint density at radius 1 is 1.22 bits per heavy atom. The highest BCUT2D eigenvalue weighted by Gasteiger charge is 2.05. The Bertz CT molecular complexity index is 457. The van der Waals surface area contributed by atoms with Gasteiger partial charge in [0.25, 0.3) is 5.69 Å². The summed E-state index contributed by atoms with van der Waals surface area (Å²) in [5.41, 5.74) is 10.2. The van der Waals surface area contributed by atoms with Crippen molar-refractivity contribution in [3.8, 4) is 0 Å². The lowest BCUT2D eigenvalue weighted by molar-refractivity contribution is -0.384. The van der Waals surface area contributed by atoms with Gasteiger partial charge in [-0.2, -0.15) is 0 Å². The summed E-state index contributed by atoms with van der Waals surface area (Å²) in [4.78, 5) is 31.5. The fraction of sp³-hybridized carbons (Fsp3) is 0.200. The van der Waals surface area contributed by atoms with E-state index in [0.29, 0.717) is 5.69 Å². The summed E-state index contributed by atoms with van der Waals surface area (Å²) in [6.07, 6.45) is -0.0525. The van der Waals surface area contributed by atoms with Crippen LogP contribution in [0, 0.1) is 10.1 Å². The van der Waals surface area contributed by atoms with E-state index in [0.717, 1.165) is 0 Å². The molecular weight excluding hydrogens is 240 g/mol. The molecule has 0 unspecified atom stereocenters. The molecule has 0 fully saturated rings. The van der Waals surface area contributed by atoms with Crippen molar-refractivity contribution in [1.29, 1.82) is 0 Å². The number of amides is 2. The normalized spacial score (nSPS) is 9.56. The van der Waals surface area contributed by atoms with Crippen LogP contribution in [0.25, 0.3) is 0 Å². The molecule has 18 heavy (non-hydrogen) atoms. The maximum absolute atomic E-state index is 11.2. The highest BCUT2D eigenvalue weighted by Crippen LogP contribution is 2.14. The number of carbonyl (C=O) groups is 2. The van der Waals surface area contributed by atoms with Crippen molar-refractivity contribution in [2.45, 2.75) is 12.8 Å². The van der Waals surface area contributed by atoms with Crippen LogP contribution in [0.1, 0.15) is 12.8 Å². The van der Waals surface area contributed by atoms with Crippen LogP contribution in [-0.4, -0.2) is 16.7 Å². The largest absolute Gasteiger partial charge is 0.370 e. The molecule has 0 aromatic heterocycles. The molecule has 0 aliphatic carbocycles. The van der Waals surface area contributed by atoms with E-state index < -0.39 is 16.7 Å². The first-order valence-corrected chi connectivity index (χ1v) is 5.06. The fourth-order valence-corrected chi connectivity index (χ4v) is 1.11. The topological polar surface area (TPSA) is 127 Å². The number of nitrogens with one attached hydrogen (secondary N) is 2. The van der Waals surface area contributed by atoms with Crippen LogP contribution < -0.4 is 16.6 Å². The molecule has 0 saturated heterocycles. The quantitative estimate of drug-likeness (QED) is 0.495. The molecule has 0 spiro atoms. The fourth-order valence-electron chi connectivity index (χ4n) is 1.11. The minimum atomic E-state index is -0.555. The predicted octanol–water partition coefficient (Wildman–Crippen LogP) is 0.303. The number of anilines is 1. The lowest BCUT2D eigenvalue weighted by atomic mass is 10.3. The Hall–Kier alpha value is -2.64. The molecule has 0 bridgehead atoms. The molecule has 4 N–H and O–H groups in total. The summed E-state index contributed by atoms with van der Waals surface area (Å²) in [6, 6.07) is 5.51. The molecule has 0 aliphatic heterocycles. The van der Waals surface area contributed by atoms with E-state index in [1.807, 2.05) is 0 Å². The number of nitro benzene ring substituents is 1. The smallest absolute Gasteiger partial charge is 0.269 e. The summed E-state index contributed by atoms with van der Waals surface area (Å²) in [5.74, 6) is -0.951. The SMILES string of the molecule is NC(=O)CCC(=O)NNc1ccc([N+](=O)[O-])cc1. The van der Waals surface area contributed by atoms with Crippen molar-refractivity contribution < 1.29 is 14.5 Å². The molecule has 8 heteroatoms. The zero-order valence-electron chi connectivity index (χ0n) is 9.38. The van der Waals surface area contributed by atoms with Gasteiger partial charge in [-0.1, -0.05) is 0 Å². The number of carbonyl (C=O) groups excluding carboxylic acids is 2. The molecule has 0 saturated carbocycles. The number of hydrazine groups is 1. The standard InChI is InChI=1S/C10H12N4O4/c11-9(15)5-6-10(16)13-12-7-1-3-8(4-2-7)14(17)18/h1-4,12H,5-6H2,(H2,11,15)(H,13,16). The molecule has 96 valence electrons. The zero-order chi connectivity index (χ0) is 13.5. The number of nitrogens with zero attached hydrogens (tertiary/aromatic N) is 1. The molecule has 1 aromatic rings. The number of rotatable bonds is 6. The van der Waals surface area contributed by atoms with Gasteiger partial charge < -0.3 is 5.73 Å². The number of nitrogens with two attached hydrogens (primary N) is 1. The van der Waals surface area contributed by atoms with E-state index in [4.69, 9.17) is 5.73 Å². The maximum atomic E-state index is 11.2. The summed E-state index contributed by atoms with van der Waals surface area (Å²) in [7, 11) is 0. The third-order valence-corrected chi connectivity index (χ3v) is 2.02. The number of hydrogen-bond acceptors (Lipinski definition) is 5. The van der Waals surface area contributed by atoms with Crippen LogP contribution in [0.15, 0.2) is 24.3 Å². The number of benzene rings is 1. The lowest BCUT2D eigenvalue weighted by Crippen LogP contribution is -2.30. The Balaban J connectivity index is 2.41. The van der Waals surface area contributed by atoms with Crippen LogP contribution in [0.2, 0.25) is 0 Å². The second-order valence-corrected chi connectivity index (χ2v) is 3.44. The van der Waals surface area contributed by atoms with Crippen LogP contribution in [0.5, 0.6) is 0 Å². The molecule has 0 heterocycles. The van der Waals surface area contributed by atoms with Gasteiger partial charge >= 0.3 is 0 Å². The molecule has 1 aromatic carbocycles. The van der Waals surface area contributed by atoms with Gasteiger partial charge in [-0.15, -0.1) is 0 Å². The number of hydrogen-bond donors (Lipinski definition) is 3. The van der Waals surface area contributed by atoms with Gasteiger partial charge in [-0.3, -0.25) is 30.6 Å². The summed E-state index contributed by atoms with van der Waals surface area (Å²) in [5, 5.41) is 10.4. The molecule has 0 radical (unpaired) electrons. The summed E-state index contributed by atoms with van der Waals surface area (Å²) in [6.45, 7) is 0. The summed E-state index contributed by atoms with van der Waals surface area (Å²) >= 11 is 0. The molecule has 2 amide bonds. The highest BCUT2D eigenvalue weighted by molar-refractivity contribution is 5.83. The van der Waals surface area contributed by atoms with Gasteiger partial charge in [0.15, 0.2) is 0 Å². The van der Waals surface area contributed by atoms with Crippen LogP contribution in [-0.2, 0) is 9.59 Å². The Morgan fingerprint density at radius 3 is 2.33 bits per heavy atom. The Labute approximate surface area is 102 Å². The van der Waals surface area contributed by atoms with E-state index in [2.05, 4.69) is 10.9 Å². The van der Waals surface area contributed by atoms with E-state index >= 15 is 0 Å². The van der Waals surface area contributed by atoms with Crippen molar-refractivity contribution in [2.75, 3.05) is 5.43 Å². The van der Waals surface area contributed by atoms with E-state index in [9.17, 15) is 19.7 Å². The van der Waals surface area contributed by atoms with Crippen LogP contribution >= 0.6 is 0 Å². The van der Waals surface area contributed by atoms with Gasteiger partial charge in [0.1, 0.15) is 0 Å². The lowest BCUT2D eigenvalue weighted by Gasteiger charge is -2.07. The van der Waals surface area contributed by atoms with Crippen molar-refractivity contribution >= 4 is 23.2 Å². The monoisotopic (exact) mass is 252 g/mol. The van der Waals surface area contributed by atoms with Crippen molar-refractivity contribution in [3.63, 3.8) is 0 Å². The second-order valence-electron chi connectivity index (χ2n) is 3.44. The second kappa shape index (κ2) is 6.18. The first-order valence-electron chi connectivity index (χ1n) is 5.06. The van der Waals surface area contributed by atoms with Gasteiger partial charge in [-0.25, -0.2) is 0 Å². The van der Waals surface area contributed by atoms with Crippen molar-refractivity contribution in [3.05, 3.63) is 34.4 Å². The average Bonchev–Trinajstić information content (AvgIpc) is 2.34. The molecule has 0 atom stereocenters. The van der Waals surface area contributed by atoms with Gasteiger partial charge in [0.2, 0.25) is 11.8 Å². The third kappa shape index (κ3) is 4.47. The van der Waals surface area contributed by atoms with Gasteiger partial charge in [-0.05, 0) is 12.1 Å². The van der Waals surface area contributed by atoms with Gasteiger partial charge in [0.05, 0.1) is 10.6 Å². The van der Waals surface area contributed by atoms with E-state index in [1.165, 1.54) is 24.3 Å². The van der Waals surface area contributed by atoms with E-state index in [1.54, 1.807) is 0 Å². The van der Waals surface area contributed by atoms with Crippen molar-refractivity contribution in [1.82, 2.24) is 5.43 Å². The molecular formula is C10H12N4O4. The maximum Gasteiger partial charge on any atom is 0.269 e. The number of primary amides is 1. The highest BCUT2D eigenvalue weighted by atomic mass is 16.6. The minimum Gasteiger partial charge on any atom is -0.370 e. The number of non-ortho nitro benzene ring substituents is 1. The van der Waals surface area contributed by atoms with E-state index in [-0.39, 0.29) is 18.5 Å². The Kier molecular flexibility index (Phi) is 4.61. The molecule has 8 nitrogen and oxygen atoms in total. The van der Waals surface area contributed by atoms with Crippen molar-refractivity contribution in [2.24, 2.45) is 5.73 Å².